The number of carbonyl (C=O) groups excluding carboxylic acids is 1. The summed E-state index contributed by atoms with van der Waals surface area (Å²) in [6.07, 6.45) is 0.629. The molecule has 1 aliphatic rings. The summed E-state index contributed by atoms with van der Waals surface area (Å²) in [6, 6.07) is 14.3. The largest absolute Gasteiger partial charge is 0.373 e. The number of amides is 1. The Bertz CT molecular complexity index is 726. The number of benzene rings is 2. The molecule has 2 aromatic rings. The van der Waals surface area contributed by atoms with Crippen LogP contribution in [0.15, 0.2) is 42.5 Å². The Balaban J connectivity index is 1.77. The summed E-state index contributed by atoms with van der Waals surface area (Å²) < 4.78 is 0. The lowest BCUT2D eigenvalue weighted by Gasteiger charge is -2.13. The van der Waals surface area contributed by atoms with Crippen molar-refractivity contribution in [1.29, 1.82) is 5.26 Å². The van der Waals surface area contributed by atoms with Crippen molar-refractivity contribution in [3.8, 4) is 6.07 Å². The van der Waals surface area contributed by atoms with Crippen LogP contribution in [0.25, 0.3) is 0 Å². The van der Waals surface area contributed by atoms with Crippen LogP contribution in [0.4, 0.5) is 11.4 Å². The third-order valence-corrected chi connectivity index (χ3v) is 3.68. The van der Waals surface area contributed by atoms with Crippen molar-refractivity contribution in [3.05, 3.63) is 58.6 Å². The smallest absolute Gasteiger partial charge is 0.247 e. The molecule has 0 radical (unpaired) electrons. The van der Waals surface area contributed by atoms with Gasteiger partial charge in [-0.3, -0.25) is 4.79 Å². The lowest BCUT2D eigenvalue weighted by Crippen LogP contribution is -2.33. The standard InChI is InChI=1S/C16H12ClN3O/c17-12-6-5-11(9-18)14(8-12)20-16(21)15-7-10-3-1-2-4-13(10)19-15/h1-6,8,15,19H,7H2,(H,20,21). The van der Waals surface area contributed by atoms with E-state index < -0.39 is 0 Å². The number of anilines is 2. The van der Waals surface area contributed by atoms with Crippen molar-refractivity contribution in [1.82, 2.24) is 0 Å². The van der Waals surface area contributed by atoms with Crippen molar-refractivity contribution in [2.75, 3.05) is 10.6 Å². The predicted octanol–water partition coefficient (Wildman–Crippen LogP) is 3.19. The van der Waals surface area contributed by atoms with E-state index in [1.807, 2.05) is 30.3 Å². The van der Waals surface area contributed by atoms with Crippen molar-refractivity contribution in [3.63, 3.8) is 0 Å². The molecule has 0 spiro atoms. The van der Waals surface area contributed by atoms with Crippen LogP contribution in [0.1, 0.15) is 11.1 Å². The molecule has 0 saturated heterocycles. The van der Waals surface area contributed by atoms with Crippen LogP contribution in [0.3, 0.4) is 0 Å². The van der Waals surface area contributed by atoms with E-state index in [9.17, 15) is 4.79 Å². The first-order chi connectivity index (χ1) is 10.2. The quantitative estimate of drug-likeness (QED) is 0.894. The minimum absolute atomic E-state index is 0.176. The van der Waals surface area contributed by atoms with E-state index in [0.29, 0.717) is 22.7 Å². The molecule has 1 atom stereocenters. The van der Waals surface area contributed by atoms with E-state index in [-0.39, 0.29) is 11.9 Å². The molecule has 1 amide bonds. The zero-order chi connectivity index (χ0) is 14.8. The summed E-state index contributed by atoms with van der Waals surface area (Å²) in [7, 11) is 0. The fourth-order valence-corrected chi connectivity index (χ4v) is 2.57. The minimum atomic E-state index is -0.340. The molecule has 0 bridgehead atoms. The van der Waals surface area contributed by atoms with Crippen molar-refractivity contribution in [2.24, 2.45) is 0 Å². The second-order valence-corrected chi connectivity index (χ2v) is 5.29. The van der Waals surface area contributed by atoms with Crippen molar-refractivity contribution in [2.45, 2.75) is 12.5 Å². The van der Waals surface area contributed by atoms with E-state index in [4.69, 9.17) is 16.9 Å². The van der Waals surface area contributed by atoms with Gasteiger partial charge in [-0.25, -0.2) is 0 Å². The number of nitriles is 1. The lowest BCUT2D eigenvalue weighted by atomic mass is 10.1. The molecule has 0 fully saturated rings. The molecule has 1 aliphatic heterocycles. The SMILES string of the molecule is N#Cc1ccc(Cl)cc1NC(=O)C1Cc2ccccc2N1. The van der Waals surface area contributed by atoms with Crippen LogP contribution in [-0.2, 0) is 11.2 Å². The molecule has 104 valence electrons. The second-order valence-electron chi connectivity index (χ2n) is 4.85. The van der Waals surface area contributed by atoms with Crippen LogP contribution in [0.2, 0.25) is 5.02 Å². The van der Waals surface area contributed by atoms with Gasteiger partial charge in [0.1, 0.15) is 12.1 Å². The van der Waals surface area contributed by atoms with E-state index >= 15 is 0 Å². The summed E-state index contributed by atoms with van der Waals surface area (Å²) >= 11 is 5.91. The monoisotopic (exact) mass is 297 g/mol. The third kappa shape index (κ3) is 2.69. The molecule has 21 heavy (non-hydrogen) atoms. The highest BCUT2D eigenvalue weighted by molar-refractivity contribution is 6.31. The van der Waals surface area contributed by atoms with E-state index in [0.717, 1.165) is 11.3 Å². The van der Waals surface area contributed by atoms with E-state index in [1.54, 1.807) is 18.2 Å². The molecule has 2 aromatic carbocycles. The summed E-state index contributed by atoms with van der Waals surface area (Å²) in [6.45, 7) is 0. The maximum absolute atomic E-state index is 12.3. The highest BCUT2D eigenvalue weighted by Gasteiger charge is 2.26. The Morgan fingerprint density at radius 2 is 2.14 bits per heavy atom. The number of halogens is 1. The van der Waals surface area contributed by atoms with E-state index in [1.165, 1.54) is 0 Å². The van der Waals surface area contributed by atoms with Gasteiger partial charge >= 0.3 is 0 Å². The normalized spacial score (nSPS) is 15.7. The summed E-state index contributed by atoms with van der Waals surface area (Å²) in [5.74, 6) is -0.176. The first-order valence-electron chi connectivity index (χ1n) is 6.52. The average Bonchev–Trinajstić information content (AvgIpc) is 2.91. The van der Waals surface area contributed by atoms with Crippen LogP contribution in [0, 0.1) is 11.3 Å². The number of fused-ring (bicyclic) bond motifs is 1. The van der Waals surface area contributed by atoms with Gasteiger partial charge in [0.15, 0.2) is 0 Å². The van der Waals surface area contributed by atoms with Gasteiger partial charge in [-0.2, -0.15) is 5.26 Å². The molecule has 0 aliphatic carbocycles. The highest BCUT2D eigenvalue weighted by atomic mass is 35.5. The topological polar surface area (TPSA) is 64.9 Å². The Morgan fingerprint density at radius 3 is 2.90 bits per heavy atom. The molecule has 5 heteroatoms. The Kier molecular flexibility index (Phi) is 3.51. The number of hydrogen-bond acceptors (Lipinski definition) is 3. The average molecular weight is 298 g/mol. The molecule has 1 heterocycles. The second kappa shape index (κ2) is 5.47. The molecule has 4 nitrogen and oxygen atoms in total. The van der Waals surface area contributed by atoms with Gasteiger partial charge in [0, 0.05) is 17.1 Å². The van der Waals surface area contributed by atoms with Gasteiger partial charge in [0.05, 0.1) is 11.3 Å². The molecular weight excluding hydrogens is 286 g/mol. The van der Waals surface area contributed by atoms with Crippen LogP contribution < -0.4 is 10.6 Å². The molecule has 1 unspecified atom stereocenters. The van der Waals surface area contributed by atoms with Gasteiger partial charge in [-0.05, 0) is 29.8 Å². The summed E-state index contributed by atoms with van der Waals surface area (Å²) in [5, 5.41) is 15.5. The lowest BCUT2D eigenvalue weighted by molar-refractivity contribution is -0.116. The number of carbonyl (C=O) groups is 1. The zero-order valence-electron chi connectivity index (χ0n) is 11.1. The van der Waals surface area contributed by atoms with E-state index in [2.05, 4.69) is 10.6 Å². The molecule has 0 aromatic heterocycles. The number of nitrogens with one attached hydrogen (secondary N) is 2. The first kappa shape index (κ1) is 13.5. The Labute approximate surface area is 127 Å². The molecule has 2 N–H and O–H groups in total. The van der Waals surface area contributed by atoms with Gasteiger partial charge in [0.2, 0.25) is 5.91 Å². The molecule has 0 saturated carbocycles. The number of para-hydroxylation sites is 1. The predicted molar refractivity (Wildman–Crippen MR) is 82.4 cm³/mol. The fourth-order valence-electron chi connectivity index (χ4n) is 2.39. The summed E-state index contributed by atoms with van der Waals surface area (Å²) in [5.41, 5.74) is 2.92. The van der Waals surface area contributed by atoms with Gasteiger partial charge < -0.3 is 10.6 Å². The Morgan fingerprint density at radius 1 is 1.33 bits per heavy atom. The number of hydrogen-bond donors (Lipinski definition) is 2. The van der Waals surface area contributed by atoms with Crippen LogP contribution in [-0.4, -0.2) is 11.9 Å². The van der Waals surface area contributed by atoms with Gasteiger partial charge in [-0.15, -0.1) is 0 Å². The minimum Gasteiger partial charge on any atom is -0.373 e. The Hall–Kier alpha value is -2.51. The number of rotatable bonds is 2. The zero-order valence-corrected chi connectivity index (χ0v) is 11.8. The fraction of sp³-hybridized carbons (Fsp3) is 0.125. The first-order valence-corrected chi connectivity index (χ1v) is 6.90. The van der Waals surface area contributed by atoms with Gasteiger partial charge in [-0.1, -0.05) is 29.8 Å². The number of nitrogens with zero attached hydrogens (tertiary/aromatic N) is 1. The molecular formula is C16H12ClN3O. The maximum Gasteiger partial charge on any atom is 0.247 e. The third-order valence-electron chi connectivity index (χ3n) is 3.45. The molecule has 3 rings (SSSR count). The van der Waals surface area contributed by atoms with Crippen LogP contribution >= 0.6 is 11.6 Å². The van der Waals surface area contributed by atoms with Gasteiger partial charge in [0.25, 0.3) is 0 Å². The van der Waals surface area contributed by atoms with Crippen molar-refractivity contribution >= 4 is 28.9 Å². The summed E-state index contributed by atoms with van der Waals surface area (Å²) in [4.78, 5) is 12.3. The highest BCUT2D eigenvalue weighted by Crippen LogP contribution is 2.26. The van der Waals surface area contributed by atoms with Crippen molar-refractivity contribution < 1.29 is 4.79 Å². The maximum atomic E-state index is 12.3. The van der Waals surface area contributed by atoms with Crippen LogP contribution in [0.5, 0.6) is 0 Å².